The molecule has 1 amide bonds. The zero-order chi connectivity index (χ0) is 11.1. The van der Waals surface area contributed by atoms with Gasteiger partial charge in [-0.05, 0) is 26.7 Å². The molecule has 2 aliphatic rings. The van der Waals surface area contributed by atoms with Crippen molar-refractivity contribution in [3.8, 4) is 0 Å². The zero-order valence-electron chi connectivity index (χ0n) is 9.27. The molecule has 2 rings (SSSR count). The minimum atomic E-state index is -0.657. The van der Waals surface area contributed by atoms with Gasteiger partial charge in [0.2, 0.25) is 5.91 Å². The molecule has 0 saturated carbocycles. The van der Waals surface area contributed by atoms with E-state index in [9.17, 15) is 9.82 Å². The summed E-state index contributed by atoms with van der Waals surface area (Å²) in [6, 6.07) is 0. The SMILES string of the molecule is CB(O)N1C(=O)CSC12CCN(C)CC2. The molecule has 1 N–H and O–H groups in total. The second kappa shape index (κ2) is 3.99. The maximum Gasteiger partial charge on any atom is 0.412 e. The van der Waals surface area contributed by atoms with E-state index in [0.29, 0.717) is 5.75 Å². The number of nitrogens with zero attached hydrogens (tertiary/aromatic N) is 2. The minimum absolute atomic E-state index is 0.0829. The van der Waals surface area contributed by atoms with Crippen molar-refractivity contribution in [2.24, 2.45) is 0 Å². The van der Waals surface area contributed by atoms with E-state index in [2.05, 4.69) is 11.9 Å². The van der Waals surface area contributed by atoms with E-state index < -0.39 is 7.05 Å². The van der Waals surface area contributed by atoms with Gasteiger partial charge < -0.3 is 14.7 Å². The Morgan fingerprint density at radius 1 is 1.47 bits per heavy atom. The molecule has 6 heteroatoms. The van der Waals surface area contributed by atoms with Gasteiger partial charge in [0, 0.05) is 13.1 Å². The van der Waals surface area contributed by atoms with Crippen LogP contribution in [0.15, 0.2) is 0 Å². The molecular formula is C9H17BN2O2S. The summed E-state index contributed by atoms with van der Waals surface area (Å²) in [5.41, 5.74) is 0. The molecule has 4 nitrogen and oxygen atoms in total. The molecule has 0 unspecified atom stereocenters. The van der Waals surface area contributed by atoms with Gasteiger partial charge in [0.25, 0.3) is 0 Å². The van der Waals surface area contributed by atoms with Crippen molar-refractivity contribution in [3.05, 3.63) is 0 Å². The van der Waals surface area contributed by atoms with Gasteiger partial charge in [-0.15, -0.1) is 11.8 Å². The quantitative estimate of drug-likeness (QED) is 0.646. The van der Waals surface area contributed by atoms with Crippen molar-refractivity contribution in [1.82, 2.24) is 9.71 Å². The van der Waals surface area contributed by atoms with E-state index >= 15 is 0 Å². The van der Waals surface area contributed by atoms with Crippen LogP contribution < -0.4 is 0 Å². The summed E-state index contributed by atoms with van der Waals surface area (Å²) in [6.07, 6.45) is 1.93. The Balaban J connectivity index is 2.16. The number of carbonyl (C=O) groups is 1. The first-order valence-electron chi connectivity index (χ1n) is 5.38. The summed E-state index contributed by atoms with van der Waals surface area (Å²) in [4.78, 5) is 15.5. The standard InChI is InChI=1S/C9H17BN2O2S/c1-10(14)12-8(13)7-15-9(12)3-5-11(2)6-4-9/h14H,3-7H2,1-2H3. The van der Waals surface area contributed by atoms with Crippen LogP contribution >= 0.6 is 11.8 Å². The molecule has 2 heterocycles. The number of thioether (sulfide) groups is 1. The summed E-state index contributed by atoms with van der Waals surface area (Å²) < 4.78 is 0. The largest absolute Gasteiger partial charge is 0.432 e. The van der Waals surface area contributed by atoms with Crippen LogP contribution in [0.5, 0.6) is 0 Å². The average molecular weight is 228 g/mol. The predicted octanol–water partition coefficient (Wildman–Crippen LogP) is 0.0940. The molecular weight excluding hydrogens is 211 g/mol. The molecule has 1 spiro atoms. The molecule has 2 aliphatic heterocycles. The van der Waals surface area contributed by atoms with Crippen molar-refractivity contribution in [2.45, 2.75) is 24.5 Å². The highest BCUT2D eigenvalue weighted by atomic mass is 32.2. The fourth-order valence-corrected chi connectivity index (χ4v) is 3.86. The molecule has 15 heavy (non-hydrogen) atoms. The molecule has 2 saturated heterocycles. The van der Waals surface area contributed by atoms with E-state index in [1.807, 2.05) is 0 Å². The Hall–Kier alpha value is -0.195. The maximum atomic E-state index is 11.7. The molecule has 0 aliphatic carbocycles. The summed E-state index contributed by atoms with van der Waals surface area (Å²) in [6.45, 7) is 3.69. The van der Waals surface area contributed by atoms with Crippen LogP contribution in [0.1, 0.15) is 12.8 Å². The lowest BCUT2D eigenvalue weighted by Crippen LogP contribution is -2.56. The second-order valence-electron chi connectivity index (χ2n) is 4.43. The topological polar surface area (TPSA) is 43.8 Å². The van der Waals surface area contributed by atoms with Crippen LogP contribution in [-0.4, -0.2) is 58.5 Å². The monoisotopic (exact) mass is 228 g/mol. The summed E-state index contributed by atoms with van der Waals surface area (Å²) in [5, 5.41) is 9.68. The van der Waals surface area contributed by atoms with E-state index in [-0.39, 0.29) is 10.8 Å². The normalized spacial score (nSPS) is 26.3. The van der Waals surface area contributed by atoms with Crippen LogP contribution in [0.3, 0.4) is 0 Å². The Labute approximate surface area is 95.1 Å². The van der Waals surface area contributed by atoms with E-state index in [4.69, 9.17) is 0 Å². The number of likely N-dealkylation sites (tertiary alicyclic amines) is 1. The number of hydrogen-bond donors (Lipinski definition) is 1. The Morgan fingerprint density at radius 2 is 2.07 bits per heavy atom. The second-order valence-corrected chi connectivity index (χ2v) is 5.77. The van der Waals surface area contributed by atoms with Crippen LogP contribution in [-0.2, 0) is 4.79 Å². The number of hydrogen-bond acceptors (Lipinski definition) is 4. The lowest BCUT2D eigenvalue weighted by Gasteiger charge is -2.43. The fraction of sp³-hybridized carbons (Fsp3) is 0.889. The number of carbonyl (C=O) groups excluding carboxylic acids is 1. The highest BCUT2D eigenvalue weighted by Gasteiger charge is 2.49. The molecule has 0 bridgehead atoms. The maximum absolute atomic E-state index is 11.7. The lowest BCUT2D eigenvalue weighted by atomic mass is 9.80. The van der Waals surface area contributed by atoms with Gasteiger partial charge in [-0.1, -0.05) is 0 Å². The van der Waals surface area contributed by atoms with E-state index in [0.717, 1.165) is 25.9 Å². The number of amides is 1. The van der Waals surface area contributed by atoms with Crippen molar-refractivity contribution in [3.63, 3.8) is 0 Å². The molecule has 0 aromatic carbocycles. The highest BCUT2D eigenvalue weighted by molar-refractivity contribution is 8.01. The first-order chi connectivity index (χ1) is 7.05. The highest BCUT2D eigenvalue weighted by Crippen LogP contribution is 2.44. The predicted molar refractivity (Wildman–Crippen MR) is 62.6 cm³/mol. The first-order valence-corrected chi connectivity index (χ1v) is 6.36. The first kappa shape index (κ1) is 11.3. The van der Waals surface area contributed by atoms with Gasteiger partial charge in [-0.25, -0.2) is 0 Å². The molecule has 0 aromatic rings. The number of rotatable bonds is 1. The van der Waals surface area contributed by atoms with Crippen molar-refractivity contribution in [1.29, 1.82) is 0 Å². The van der Waals surface area contributed by atoms with Crippen molar-refractivity contribution >= 4 is 24.7 Å². The van der Waals surface area contributed by atoms with Gasteiger partial charge in [-0.3, -0.25) is 4.79 Å². The van der Waals surface area contributed by atoms with Crippen molar-refractivity contribution in [2.75, 3.05) is 25.9 Å². The Bertz CT molecular complexity index is 267. The summed E-state index contributed by atoms with van der Waals surface area (Å²) in [7, 11) is 1.44. The van der Waals surface area contributed by atoms with Crippen LogP contribution in [0.2, 0.25) is 6.82 Å². The van der Waals surface area contributed by atoms with E-state index in [1.54, 1.807) is 23.4 Å². The van der Waals surface area contributed by atoms with Crippen LogP contribution in [0, 0.1) is 0 Å². The Morgan fingerprint density at radius 3 is 2.60 bits per heavy atom. The molecule has 0 atom stereocenters. The minimum Gasteiger partial charge on any atom is -0.432 e. The van der Waals surface area contributed by atoms with Gasteiger partial charge in [0.05, 0.1) is 10.6 Å². The fourth-order valence-electron chi connectivity index (χ4n) is 2.46. The third-order valence-electron chi connectivity index (χ3n) is 3.31. The summed E-state index contributed by atoms with van der Waals surface area (Å²) in [5.74, 6) is 0.605. The summed E-state index contributed by atoms with van der Waals surface area (Å²) >= 11 is 1.70. The average Bonchev–Trinajstić information content (AvgIpc) is 2.49. The Kier molecular flexibility index (Phi) is 3.01. The molecule has 84 valence electrons. The smallest absolute Gasteiger partial charge is 0.412 e. The van der Waals surface area contributed by atoms with Gasteiger partial charge in [0.15, 0.2) is 0 Å². The van der Waals surface area contributed by atoms with Gasteiger partial charge in [-0.2, -0.15) is 0 Å². The van der Waals surface area contributed by atoms with Crippen molar-refractivity contribution < 1.29 is 9.82 Å². The van der Waals surface area contributed by atoms with Gasteiger partial charge >= 0.3 is 7.05 Å². The van der Waals surface area contributed by atoms with Gasteiger partial charge in [0.1, 0.15) is 0 Å². The van der Waals surface area contributed by atoms with E-state index in [1.165, 1.54) is 0 Å². The molecule has 0 aromatic heterocycles. The zero-order valence-corrected chi connectivity index (χ0v) is 10.1. The third-order valence-corrected chi connectivity index (χ3v) is 4.85. The van der Waals surface area contributed by atoms with Crippen LogP contribution in [0.4, 0.5) is 0 Å². The number of piperidine rings is 1. The molecule has 2 fully saturated rings. The lowest BCUT2D eigenvalue weighted by molar-refractivity contribution is -0.126. The molecule has 0 radical (unpaired) electrons. The third kappa shape index (κ3) is 1.90. The van der Waals surface area contributed by atoms with Crippen LogP contribution in [0.25, 0.3) is 0 Å².